The number of hydrogen-bond donors (Lipinski definition) is 2. The Labute approximate surface area is 215 Å². The van der Waals surface area contributed by atoms with Crippen LogP contribution in [0.4, 0.5) is 5.69 Å². The van der Waals surface area contributed by atoms with E-state index in [-0.39, 0.29) is 0 Å². The summed E-state index contributed by atoms with van der Waals surface area (Å²) in [4.78, 5) is 24.1. The molecular formula is C24H20BrCl2N3O4. The van der Waals surface area contributed by atoms with E-state index >= 15 is 0 Å². The molecule has 3 aromatic carbocycles. The van der Waals surface area contributed by atoms with Gasteiger partial charge in [0.15, 0.2) is 11.5 Å². The van der Waals surface area contributed by atoms with Crippen LogP contribution < -0.4 is 20.2 Å². The van der Waals surface area contributed by atoms with Crippen molar-refractivity contribution in [3.63, 3.8) is 0 Å². The van der Waals surface area contributed by atoms with E-state index in [0.717, 1.165) is 11.1 Å². The van der Waals surface area contributed by atoms with Gasteiger partial charge in [0.25, 0.3) is 0 Å². The fourth-order valence-electron chi connectivity index (χ4n) is 2.81. The summed E-state index contributed by atoms with van der Waals surface area (Å²) < 4.78 is 11.9. The van der Waals surface area contributed by atoms with Gasteiger partial charge in [0.1, 0.15) is 6.61 Å². The predicted molar refractivity (Wildman–Crippen MR) is 137 cm³/mol. The minimum Gasteiger partial charge on any atom is -0.493 e. The first-order chi connectivity index (χ1) is 16.3. The number of amides is 2. The Balaban J connectivity index is 1.62. The Hall–Kier alpha value is -3.07. The largest absolute Gasteiger partial charge is 0.493 e. The molecule has 3 rings (SSSR count). The van der Waals surface area contributed by atoms with Crippen molar-refractivity contribution < 1.29 is 19.1 Å². The van der Waals surface area contributed by atoms with Gasteiger partial charge in [-0.15, -0.1) is 0 Å². The van der Waals surface area contributed by atoms with Crippen LogP contribution >= 0.6 is 39.1 Å². The normalized spacial score (nSPS) is 10.7. The highest BCUT2D eigenvalue weighted by molar-refractivity contribution is 9.10. The molecule has 0 fully saturated rings. The average Bonchev–Trinajstić information content (AvgIpc) is 2.80. The van der Waals surface area contributed by atoms with Crippen molar-refractivity contribution in [2.24, 2.45) is 5.10 Å². The SMILES string of the molecule is COc1cc(/C=N/NC(=O)C(=O)Nc2ccc(C)c(Cl)c2)cc(Br)c1OCc1cccc(Cl)c1. The minimum atomic E-state index is -0.930. The smallest absolute Gasteiger partial charge is 0.329 e. The van der Waals surface area contributed by atoms with Crippen molar-refractivity contribution in [2.75, 3.05) is 12.4 Å². The maximum absolute atomic E-state index is 12.1. The summed E-state index contributed by atoms with van der Waals surface area (Å²) in [5, 5.41) is 7.41. The third-order valence-corrected chi connectivity index (χ3v) is 5.77. The van der Waals surface area contributed by atoms with Gasteiger partial charge in [-0.1, -0.05) is 41.4 Å². The number of nitrogens with zero attached hydrogens (tertiary/aromatic N) is 1. The fourth-order valence-corrected chi connectivity index (χ4v) is 3.78. The molecule has 34 heavy (non-hydrogen) atoms. The standard InChI is InChI=1S/C24H20BrCl2N3O4/c1-14-6-7-18(11-20(14)27)29-23(31)24(32)30-28-12-16-9-19(25)22(21(10-16)33-2)34-13-15-4-3-5-17(26)8-15/h3-12H,13H2,1-2H3,(H,29,31)(H,30,32)/b28-12+. The van der Waals surface area contributed by atoms with Gasteiger partial charge in [-0.2, -0.15) is 5.10 Å². The third-order valence-electron chi connectivity index (χ3n) is 4.54. The van der Waals surface area contributed by atoms with E-state index in [1.807, 2.05) is 25.1 Å². The van der Waals surface area contributed by atoms with E-state index in [9.17, 15) is 9.59 Å². The Kier molecular flexibility index (Phi) is 8.92. The summed E-state index contributed by atoms with van der Waals surface area (Å²) in [6.07, 6.45) is 1.38. The molecule has 0 radical (unpaired) electrons. The number of rotatable bonds is 7. The number of benzene rings is 3. The lowest BCUT2D eigenvalue weighted by atomic mass is 10.2. The van der Waals surface area contributed by atoms with Crippen LogP contribution in [0.25, 0.3) is 0 Å². The molecule has 0 bridgehead atoms. The molecule has 10 heteroatoms. The molecule has 7 nitrogen and oxygen atoms in total. The van der Waals surface area contributed by atoms with Gasteiger partial charge < -0.3 is 14.8 Å². The van der Waals surface area contributed by atoms with E-state index < -0.39 is 11.8 Å². The zero-order valence-corrected chi connectivity index (χ0v) is 21.3. The number of carbonyl (C=O) groups is 2. The van der Waals surface area contributed by atoms with Crippen molar-refractivity contribution in [1.82, 2.24) is 5.43 Å². The molecule has 2 N–H and O–H groups in total. The molecule has 2 amide bonds. The maximum Gasteiger partial charge on any atom is 0.329 e. The van der Waals surface area contributed by atoms with E-state index in [2.05, 4.69) is 31.8 Å². The molecule has 0 saturated heterocycles. The molecule has 0 unspecified atom stereocenters. The Morgan fingerprint density at radius 2 is 1.88 bits per heavy atom. The Morgan fingerprint density at radius 1 is 1.09 bits per heavy atom. The van der Waals surface area contributed by atoms with Crippen molar-refractivity contribution in [2.45, 2.75) is 13.5 Å². The van der Waals surface area contributed by atoms with Gasteiger partial charge in [-0.3, -0.25) is 9.59 Å². The summed E-state index contributed by atoms with van der Waals surface area (Å²) in [5.74, 6) is -0.848. The molecule has 0 heterocycles. The topological polar surface area (TPSA) is 89.0 Å². The number of halogens is 3. The second kappa shape index (κ2) is 11.9. The van der Waals surface area contributed by atoms with Gasteiger partial charge in [-0.05, 0) is 75.9 Å². The van der Waals surface area contributed by atoms with Gasteiger partial charge >= 0.3 is 11.8 Å². The molecule has 0 spiro atoms. The molecule has 3 aromatic rings. The van der Waals surface area contributed by atoms with Crippen LogP contribution in [0.3, 0.4) is 0 Å². The second-order valence-electron chi connectivity index (χ2n) is 7.07. The molecular weight excluding hydrogens is 545 g/mol. The van der Waals surface area contributed by atoms with Gasteiger partial charge in [0.2, 0.25) is 0 Å². The molecule has 0 atom stereocenters. The number of nitrogens with one attached hydrogen (secondary N) is 2. The maximum atomic E-state index is 12.1. The highest BCUT2D eigenvalue weighted by Gasteiger charge is 2.14. The van der Waals surface area contributed by atoms with Crippen LogP contribution in [-0.4, -0.2) is 25.1 Å². The van der Waals surface area contributed by atoms with Crippen molar-refractivity contribution in [3.05, 3.63) is 85.8 Å². The lowest BCUT2D eigenvalue weighted by Crippen LogP contribution is -2.32. The highest BCUT2D eigenvalue weighted by atomic mass is 79.9. The van der Waals surface area contributed by atoms with Gasteiger partial charge in [0, 0.05) is 15.7 Å². The number of anilines is 1. The third kappa shape index (κ3) is 6.96. The summed E-state index contributed by atoms with van der Waals surface area (Å²) in [6.45, 7) is 2.13. The van der Waals surface area contributed by atoms with Crippen LogP contribution in [0.2, 0.25) is 10.0 Å². The first-order valence-corrected chi connectivity index (χ1v) is 11.5. The summed E-state index contributed by atoms with van der Waals surface area (Å²) in [6, 6.07) is 15.7. The number of hydrogen-bond acceptors (Lipinski definition) is 5. The quantitative estimate of drug-likeness (QED) is 0.217. The molecule has 0 aliphatic heterocycles. The van der Waals surface area contributed by atoms with Crippen molar-refractivity contribution >= 4 is 62.8 Å². The molecule has 0 aliphatic rings. The van der Waals surface area contributed by atoms with Crippen molar-refractivity contribution in [3.8, 4) is 11.5 Å². The van der Waals surface area contributed by atoms with Crippen molar-refractivity contribution in [1.29, 1.82) is 0 Å². The average molecular weight is 565 g/mol. The zero-order valence-electron chi connectivity index (χ0n) is 18.2. The number of aryl methyl sites for hydroxylation is 1. The van der Waals surface area contributed by atoms with E-state index in [1.54, 1.807) is 36.4 Å². The molecule has 176 valence electrons. The number of ether oxygens (including phenoxy) is 2. The fraction of sp³-hybridized carbons (Fsp3) is 0.125. The zero-order chi connectivity index (χ0) is 24.7. The molecule has 0 aliphatic carbocycles. The number of methoxy groups -OCH3 is 1. The van der Waals surface area contributed by atoms with Crippen LogP contribution in [0.5, 0.6) is 11.5 Å². The van der Waals surface area contributed by atoms with Crippen LogP contribution in [0.1, 0.15) is 16.7 Å². The van der Waals surface area contributed by atoms with E-state index in [1.165, 1.54) is 13.3 Å². The van der Waals surface area contributed by atoms with Crippen LogP contribution in [0.15, 0.2) is 64.2 Å². The number of carbonyl (C=O) groups excluding carboxylic acids is 2. The predicted octanol–water partition coefficient (Wildman–Crippen LogP) is 5.74. The molecule has 0 aromatic heterocycles. The summed E-state index contributed by atoms with van der Waals surface area (Å²) >= 11 is 15.5. The monoisotopic (exact) mass is 563 g/mol. The Morgan fingerprint density at radius 3 is 2.59 bits per heavy atom. The Bertz CT molecular complexity index is 1250. The summed E-state index contributed by atoms with van der Waals surface area (Å²) in [7, 11) is 1.51. The lowest BCUT2D eigenvalue weighted by Gasteiger charge is -2.13. The van der Waals surface area contributed by atoms with Crippen LogP contribution in [-0.2, 0) is 16.2 Å². The van der Waals surface area contributed by atoms with Crippen LogP contribution in [0, 0.1) is 6.92 Å². The second-order valence-corrected chi connectivity index (χ2v) is 8.77. The first-order valence-electron chi connectivity index (χ1n) is 9.92. The van der Waals surface area contributed by atoms with Gasteiger partial charge in [0.05, 0.1) is 17.8 Å². The van der Waals surface area contributed by atoms with E-state index in [0.29, 0.717) is 43.9 Å². The first kappa shape index (κ1) is 25.6. The summed E-state index contributed by atoms with van der Waals surface area (Å²) in [5.41, 5.74) is 4.95. The number of hydrazone groups is 1. The lowest BCUT2D eigenvalue weighted by molar-refractivity contribution is -0.136. The minimum absolute atomic E-state index is 0.292. The van der Waals surface area contributed by atoms with E-state index in [4.69, 9.17) is 32.7 Å². The highest BCUT2D eigenvalue weighted by Crippen LogP contribution is 2.37. The van der Waals surface area contributed by atoms with Gasteiger partial charge in [-0.25, -0.2) is 5.43 Å². The molecule has 0 saturated carbocycles.